The number of carboxylic acids is 2. The standard InChI is InChI=1S/C8H10N2O.2C8H8N2.C6H8N2.C4H9NO.3C3H6O2.C2H7N.2C2H4O2.5CH4/c1-6(11)10-8-5-3-2-4-7(8)9;2*1-6-9-7-4-2-3-5-8(7)10-6;7-5-3-1-2-4-6(5)8;1-3-5-4(2)6;3*1-3(4)5-2;1-2-3;2*1-2(3)4;;;;;/h2-5H,9H2,1H3,(H,10,11);2*2-5H,1H3,(H,9,10);1-4H,7-8H2;3H2,1-2H3,(H,5,6);3*1-2H3;2-3H2,1H3;2*1H3,(H,3,4);5*1H4. The number of aliphatic carboxylic acids is 2. The Kier molecular flexibility index (Phi) is 70.1. The minimum absolute atomic E-state index is 0. The highest BCUT2D eigenvalue weighted by atomic mass is 16.5. The molecule has 0 fully saturated rings. The molecule has 0 spiro atoms. The Bertz CT molecular complexity index is 2180. The van der Waals surface area contributed by atoms with Crippen LogP contribution in [0.25, 0.3) is 22.1 Å². The zero-order chi connectivity index (χ0) is 55.9. The average molecular weight is 1080 g/mol. The van der Waals surface area contributed by atoms with Crippen LogP contribution in [-0.4, -0.2) is 106 Å². The van der Waals surface area contributed by atoms with Crippen molar-refractivity contribution in [2.75, 3.05) is 56.9 Å². The van der Waals surface area contributed by atoms with E-state index in [9.17, 15) is 24.0 Å². The number of hydrogen-bond donors (Lipinski definition) is 10. The summed E-state index contributed by atoms with van der Waals surface area (Å²) in [5, 5.41) is 20.0. The van der Waals surface area contributed by atoms with Gasteiger partial charge in [-0.25, -0.2) is 9.97 Å². The van der Waals surface area contributed by atoms with Gasteiger partial charge in [-0.05, 0) is 75.8 Å². The molecular weight excluding hydrogens is 981 g/mol. The first-order valence-electron chi connectivity index (χ1n) is 21.2. The van der Waals surface area contributed by atoms with Gasteiger partial charge in [0.05, 0.1) is 66.1 Å². The Morgan fingerprint density at radius 1 is 0.500 bits per heavy atom. The lowest BCUT2D eigenvalue weighted by Gasteiger charge is -2.03. The molecule has 6 rings (SSSR count). The number of anilines is 4. The SMILES string of the molecule is C.C.C.C.C.CC(=O)Nc1ccccc1N.CC(=O)O.CC(=O)O.CCN.CCNC(C)=O.COC(C)=O.COC(C)=O.COC(C)=O.Cc1nc2ccccc2[nH]1.Cc1nc2ccccc2[nH]1.Nc1ccccc1N. The van der Waals surface area contributed by atoms with Crippen LogP contribution >= 0.6 is 0 Å². The minimum atomic E-state index is -0.833. The van der Waals surface area contributed by atoms with E-state index in [4.69, 9.17) is 42.7 Å². The van der Waals surface area contributed by atoms with Gasteiger partial charge in [0.15, 0.2) is 0 Å². The van der Waals surface area contributed by atoms with Crippen molar-refractivity contribution in [3.8, 4) is 0 Å². The first kappa shape index (κ1) is 90.3. The predicted octanol–water partition coefficient (Wildman–Crippen LogP) is 9.83. The number of esters is 3. The molecule has 6 aromatic rings. The number of nitrogens with one attached hydrogen (secondary N) is 4. The van der Waals surface area contributed by atoms with Gasteiger partial charge in [-0.1, -0.05) is 92.6 Å². The molecule has 0 radical (unpaired) electrons. The number of benzene rings is 4. The Morgan fingerprint density at radius 3 is 0.947 bits per heavy atom. The van der Waals surface area contributed by atoms with Crippen molar-refractivity contribution < 1.29 is 58.0 Å². The van der Waals surface area contributed by atoms with Crippen LogP contribution < -0.4 is 33.6 Å². The third kappa shape index (κ3) is 65.5. The van der Waals surface area contributed by atoms with Gasteiger partial charge >= 0.3 is 17.9 Å². The number of carbonyl (C=O) groups is 7. The molecule has 2 aromatic heterocycles. The number of nitrogens with zero attached hydrogens (tertiary/aromatic N) is 2. The normalized spacial score (nSPS) is 7.88. The van der Waals surface area contributed by atoms with Crippen molar-refractivity contribution in [2.24, 2.45) is 5.73 Å². The maximum atomic E-state index is 10.6. The third-order valence-electron chi connectivity index (χ3n) is 6.57. The number of aryl methyl sites for hydroxylation is 2. The highest BCUT2D eigenvalue weighted by Crippen LogP contribution is 2.16. The Labute approximate surface area is 453 Å². The second-order valence-corrected chi connectivity index (χ2v) is 13.2. The second-order valence-electron chi connectivity index (χ2n) is 13.2. The Morgan fingerprint density at radius 2 is 0.750 bits per heavy atom. The van der Waals surface area contributed by atoms with Gasteiger partial charge < -0.3 is 68.0 Å². The van der Waals surface area contributed by atoms with Crippen molar-refractivity contribution in [3.63, 3.8) is 0 Å². The number of ether oxygens (including phenoxy) is 3. The molecule has 0 saturated carbocycles. The molecule has 0 aliphatic carbocycles. The number of aromatic nitrogens is 4. The number of H-pyrrole nitrogens is 2. The monoisotopic (exact) mass is 1080 g/mol. The maximum Gasteiger partial charge on any atom is 0.302 e. The number of aromatic amines is 2. The molecule has 0 aliphatic rings. The highest BCUT2D eigenvalue weighted by Gasteiger charge is 1.98. The summed E-state index contributed by atoms with van der Waals surface area (Å²) >= 11 is 0. The number of carboxylic acid groups (broad SMARTS) is 2. The summed E-state index contributed by atoms with van der Waals surface area (Å²) in [5.41, 5.74) is 28.0. The van der Waals surface area contributed by atoms with Crippen molar-refractivity contribution >= 4 is 86.5 Å². The number of methoxy groups -OCH3 is 3. The molecule has 434 valence electrons. The number of rotatable bonds is 2. The number of imidazole rings is 2. The number of amides is 2. The molecule has 76 heavy (non-hydrogen) atoms. The molecule has 2 amide bonds. The van der Waals surface area contributed by atoms with Gasteiger partial charge in [0.2, 0.25) is 11.8 Å². The summed E-state index contributed by atoms with van der Waals surface area (Å²) in [6, 6.07) is 30.4. The fourth-order valence-corrected chi connectivity index (χ4v) is 3.72. The van der Waals surface area contributed by atoms with Gasteiger partial charge in [0, 0.05) is 55.0 Å². The highest BCUT2D eigenvalue weighted by molar-refractivity contribution is 5.92. The molecule has 0 saturated heterocycles. The van der Waals surface area contributed by atoms with Gasteiger partial charge in [0.25, 0.3) is 11.9 Å². The fraction of sp³-hybridized carbons (Fsp3) is 0.389. The fourth-order valence-electron chi connectivity index (χ4n) is 3.72. The first-order valence-corrected chi connectivity index (χ1v) is 21.2. The summed E-state index contributed by atoms with van der Waals surface area (Å²) in [7, 11) is 4.05. The zero-order valence-electron chi connectivity index (χ0n) is 43.3. The van der Waals surface area contributed by atoms with Crippen LogP contribution in [0.4, 0.5) is 22.7 Å². The van der Waals surface area contributed by atoms with Gasteiger partial charge in [-0.2, -0.15) is 0 Å². The molecule has 0 unspecified atom stereocenters. The quantitative estimate of drug-likeness (QED) is 0.0438. The van der Waals surface area contributed by atoms with Gasteiger partial charge in [-0.15, -0.1) is 0 Å². The number of carbonyl (C=O) groups excluding carboxylic acids is 5. The van der Waals surface area contributed by atoms with E-state index in [1.165, 1.54) is 55.9 Å². The van der Waals surface area contributed by atoms with Crippen molar-refractivity contribution in [1.82, 2.24) is 25.3 Å². The van der Waals surface area contributed by atoms with Crippen LogP contribution in [-0.2, 0) is 47.8 Å². The lowest BCUT2D eigenvalue weighted by Crippen LogP contribution is -2.18. The van der Waals surface area contributed by atoms with E-state index in [1.54, 1.807) is 24.3 Å². The lowest BCUT2D eigenvalue weighted by atomic mass is 10.3. The first-order chi connectivity index (χ1) is 33.2. The smallest absolute Gasteiger partial charge is 0.302 e. The van der Waals surface area contributed by atoms with E-state index in [0.29, 0.717) is 22.7 Å². The van der Waals surface area contributed by atoms with Crippen LogP contribution in [0.3, 0.4) is 0 Å². The molecule has 22 heteroatoms. The number of fused-ring (bicyclic) bond motifs is 2. The van der Waals surface area contributed by atoms with Crippen molar-refractivity contribution in [2.45, 2.75) is 113 Å². The van der Waals surface area contributed by atoms with Crippen LogP contribution in [0.1, 0.15) is 111 Å². The number of nitrogen functional groups attached to an aromatic ring is 3. The molecule has 14 N–H and O–H groups in total. The summed E-state index contributed by atoms with van der Waals surface area (Å²) in [6.07, 6.45) is 0. The topological polar surface area (TPSA) is 373 Å². The van der Waals surface area contributed by atoms with Crippen LogP contribution in [0.5, 0.6) is 0 Å². The third-order valence-corrected chi connectivity index (χ3v) is 6.57. The summed E-state index contributed by atoms with van der Waals surface area (Å²) in [6.45, 7) is 18.4. The summed E-state index contributed by atoms with van der Waals surface area (Å²) < 4.78 is 12.3. The number of nitrogens with two attached hydrogens (primary N) is 4. The van der Waals surface area contributed by atoms with E-state index in [-0.39, 0.29) is 66.9 Å². The van der Waals surface area contributed by atoms with Gasteiger partial charge in [-0.3, -0.25) is 33.6 Å². The van der Waals surface area contributed by atoms with Crippen molar-refractivity contribution in [1.29, 1.82) is 0 Å². The van der Waals surface area contributed by atoms with Crippen molar-refractivity contribution in [3.05, 3.63) is 109 Å². The summed E-state index contributed by atoms with van der Waals surface area (Å²) in [4.78, 5) is 82.1. The molecule has 22 nitrogen and oxygen atoms in total. The van der Waals surface area contributed by atoms with Gasteiger partial charge in [0.1, 0.15) is 11.6 Å². The minimum Gasteiger partial charge on any atom is -0.481 e. The molecule has 0 atom stereocenters. The van der Waals surface area contributed by atoms with E-state index < -0.39 is 11.9 Å². The van der Waals surface area contributed by atoms with Crippen LogP contribution in [0.2, 0.25) is 0 Å². The molecular formula is C54H96N10O12. The predicted molar refractivity (Wildman–Crippen MR) is 315 cm³/mol. The molecule has 4 aromatic carbocycles. The number of para-hydroxylation sites is 8. The summed E-state index contributed by atoms with van der Waals surface area (Å²) in [5.74, 6) is -0.525. The molecule has 0 bridgehead atoms. The Balaban J connectivity index is -0.0000000801. The van der Waals surface area contributed by atoms with Crippen LogP contribution in [0.15, 0.2) is 97.1 Å². The average Bonchev–Trinajstić information content (AvgIpc) is 3.87. The van der Waals surface area contributed by atoms with Crippen LogP contribution in [0, 0.1) is 13.8 Å². The molecule has 2 heterocycles. The molecule has 0 aliphatic heterocycles. The largest absolute Gasteiger partial charge is 0.481 e. The maximum absolute atomic E-state index is 10.6. The van der Waals surface area contributed by atoms with E-state index in [2.05, 4.69) is 44.8 Å². The zero-order valence-corrected chi connectivity index (χ0v) is 43.3. The van der Waals surface area contributed by atoms with E-state index >= 15 is 0 Å². The number of hydrogen-bond acceptors (Lipinski definition) is 16. The van der Waals surface area contributed by atoms with E-state index in [0.717, 1.165) is 60.7 Å². The second kappa shape index (κ2) is 59.0. The lowest BCUT2D eigenvalue weighted by molar-refractivity contribution is -0.138. The van der Waals surface area contributed by atoms with E-state index in [1.807, 2.05) is 100 Å². The Hall–Kier alpha value is -8.53.